The van der Waals surface area contributed by atoms with Gasteiger partial charge in [-0.1, -0.05) is 25.7 Å². The second-order valence-electron chi connectivity index (χ2n) is 6.22. The van der Waals surface area contributed by atoms with Crippen molar-refractivity contribution in [3.05, 3.63) is 30.1 Å². The lowest BCUT2D eigenvalue weighted by Crippen LogP contribution is -2.47. The van der Waals surface area contributed by atoms with Gasteiger partial charge in [0.1, 0.15) is 19.8 Å². The summed E-state index contributed by atoms with van der Waals surface area (Å²) >= 11 is 0. The second kappa shape index (κ2) is 5.14. The van der Waals surface area contributed by atoms with Crippen LogP contribution in [0.4, 0.5) is 0 Å². The van der Waals surface area contributed by atoms with Crippen molar-refractivity contribution in [1.29, 1.82) is 0 Å². The highest BCUT2D eigenvalue weighted by Crippen LogP contribution is 2.07. The second-order valence-corrected chi connectivity index (χ2v) is 15.5. The Morgan fingerprint density at radius 2 is 1.76 bits per heavy atom. The van der Waals surface area contributed by atoms with Crippen LogP contribution in [0.25, 0.3) is 0 Å². The number of nitrogens with one attached hydrogen (secondary N) is 1. The molecule has 1 heterocycles. The minimum Gasteiger partial charge on any atom is -0.395 e. The van der Waals surface area contributed by atoms with Crippen LogP contribution in [-0.4, -0.2) is 27.3 Å². The van der Waals surface area contributed by atoms with Gasteiger partial charge in [0, 0.05) is 6.20 Å². The van der Waals surface area contributed by atoms with E-state index >= 15 is 0 Å². The van der Waals surface area contributed by atoms with Crippen LogP contribution in [0.5, 0.6) is 0 Å². The Morgan fingerprint density at radius 3 is 2.18 bits per heavy atom. The SMILES string of the molecule is C[Si](C)(C)/N=C(/N[Si](C)(C)C)c1ccccn1. The highest BCUT2D eigenvalue weighted by atomic mass is 28.3. The van der Waals surface area contributed by atoms with Crippen molar-refractivity contribution in [2.45, 2.75) is 39.3 Å². The minimum atomic E-state index is -1.50. The minimum absolute atomic E-state index is 0.956. The van der Waals surface area contributed by atoms with Crippen molar-refractivity contribution in [1.82, 2.24) is 9.97 Å². The maximum Gasteiger partial charge on any atom is 0.175 e. The Balaban J connectivity index is 3.09. The van der Waals surface area contributed by atoms with Gasteiger partial charge in [0.15, 0.2) is 8.24 Å². The summed E-state index contributed by atoms with van der Waals surface area (Å²) in [5, 5.41) is 0. The quantitative estimate of drug-likeness (QED) is 0.518. The standard InChI is InChI=1S/C12H23N3Si2/c1-16(2,3)14-12(15-17(4,5)6)11-9-7-8-10-13-11/h7-10H,1-6H3,(H,14,15). The molecule has 0 spiro atoms. The Bertz CT molecular complexity index is 388. The van der Waals surface area contributed by atoms with E-state index in [1.807, 2.05) is 24.4 Å². The Labute approximate surface area is 107 Å². The highest BCUT2D eigenvalue weighted by Gasteiger charge is 2.20. The predicted molar refractivity (Wildman–Crippen MR) is 80.6 cm³/mol. The fourth-order valence-corrected chi connectivity index (χ4v) is 3.19. The van der Waals surface area contributed by atoms with Crippen LogP contribution in [0, 0.1) is 0 Å². The lowest BCUT2D eigenvalue weighted by molar-refractivity contribution is 1.22. The largest absolute Gasteiger partial charge is 0.395 e. The maximum absolute atomic E-state index is 4.88. The molecule has 0 unspecified atom stereocenters. The van der Waals surface area contributed by atoms with Crippen molar-refractivity contribution in [2.75, 3.05) is 0 Å². The zero-order valence-electron chi connectivity index (χ0n) is 11.7. The summed E-state index contributed by atoms with van der Waals surface area (Å²) in [7, 11) is -2.90. The molecule has 5 heteroatoms. The summed E-state index contributed by atoms with van der Waals surface area (Å²) in [5.41, 5.74) is 0.956. The topological polar surface area (TPSA) is 37.3 Å². The molecule has 0 bridgehead atoms. The molecule has 1 rings (SSSR count). The molecule has 0 aliphatic carbocycles. The summed E-state index contributed by atoms with van der Waals surface area (Å²) < 4.78 is 4.88. The summed E-state index contributed by atoms with van der Waals surface area (Å²) in [4.78, 5) is 7.99. The van der Waals surface area contributed by atoms with Gasteiger partial charge in [-0.25, -0.2) is 0 Å². The first kappa shape index (κ1) is 14.1. The number of hydrogen-bond acceptors (Lipinski definition) is 2. The lowest BCUT2D eigenvalue weighted by Gasteiger charge is -2.23. The number of nitrogens with zero attached hydrogens (tertiary/aromatic N) is 2. The van der Waals surface area contributed by atoms with Crippen LogP contribution < -0.4 is 4.98 Å². The van der Waals surface area contributed by atoms with Gasteiger partial charge in [0.25, 0.3) is 0 Å². The molecule has 1 aromatic heterocycles. The molecule has 0 aliphatic rings. The average molecular weight is 266 g/mol. The molecule has 0 fully saturated rings. The number of amidine groups is 1. The first-order chi connectivity index (χ1) is 7.67. The van der Waals surface area contributed by atoms with Gasteiger partial charge < -0.3 is 9.64 Å². The number of aromatic nitrogens is 1. The maximum atomic E-state index is 4.88. The highest BCUT2D eigenvalue weighted by molar-refractivity contribution is 6.78. The predicted octanol–water partition coefficient (Wildman–Crippen LogP) is 3.09. The third-order valence-electron chi connectivity index (χ3n) is 1.85. The molecule has 17 heavy (non-hydrogen) atoms. The van der Waals surface area contributed by atoms with Crippen LogP contribution in [-0.2, 0) is 0 Å². The third kappa shape index (κ3) is 5.79. The molecular weight excluding hydrogens is 242 g/mol. The molecule has 0 saturated heterocycles. The van der Waals surface area contributed by atoms with Crippen LogP contribution in [0.3, 0.4) is 0 Å². The molecule has 0 aromatic carbocycles. The van der Waals surface area contributed by atoms with E-state index in [2.05, 4.69) is 49.2 Å². The zero-order chi connectivity index (χ0) is 13.1. The number of pyridine rings is 1. The monoisotopic (exact) mass is 265 g/mol. The van der Waals surface area contributed by atoms with Crippen molar-refractivity contribution >= 4 is 22.3 Å². The van der Waals surface area contributed by atoms with E-state index in [0.717, 1.165) is 11.5 Å². The van der Waals surface area contributed by atoms with Crippen LogP contribution in [0.2, 0.25) is 39.3 Å². The van der Waals surface area contributed by atoms with Crippen molar-refractivity contribution in [3.8, 4) is 0 Å². The molecule has 1 aromatic rings. The molecule has 0 amide bonds. The van der Waals surface area contributed by atoms with Gasteiger partial charge in [-0.3, -0.25) is 4.98 Å². The fraction of sp³-hybridized carbons (Fsp3) is 0.500. The molecule has 0 atom stereocenters. The summed E-state index contributed by atoms with van der Waals surface area (Å²) in [6.45, 7) is 13.5. The van der Waals surface area contributed by atoms with Crippen LogP contribution >= 0.6 is 0 Å². The Morgan fingerprint density at radius 1 is 1.12 bits per heavy atom. The summed E-state index contributed by atoms with van der Waals surface area (Å²) in [6, 6.07) is 5.96. The average Bonchev–Trinajstić information content (AvgIpc) is 2.14. The van der Waals surface area contributed by atoms with E-state index < -0.39 is 16.5 Å². The molecule has 94 valence electrons. The lowest BCUT2D eigenvalue weighted by atomic mass is 10.3. The van der Waals surface area contributed by atoms with E-state index in [0.29, 0.717) is 0 Å². The van der Waals surface area contributed by atoms with Gasteiger partial charge in [-0.05, 0) is 31.8 Å². The van der Waals surface area contributed by atoms with E-state index in [-0.39, 0.29) is 0 Å². The Kier molecular flexibility index (Phi) is 4.27. The molecule has 3 nitrogen and oxygen atoms in total. The van der Waals surface area contributed by atoms with Crippen LogP contribution in [0.1, 0.15) is 5.69 Å². The van der Waals surface area contributed by atoms with E-state index in [9.17, 15) is 0 Å². The van der Waals surface area contributed by atoms with Gasteiger partial charge in [-0.15, -0.1) is 0 Å². The molecule has 0 radical (unpaired) electrons. The smallest absolute Gasteiger partial charge is 0.175 e. The molecule has 0 aliphatic heterocycles. The zero-order valence-corrected chi connectivity index (χ0v) is 13.7. The van der Waals surface area contributed by atoms with Gasteiger partial charge >= 0.3 is 0 Å². The van der Waals surface area contributed by atoms with E-state index in [4.69, 9.17) is 4.66 Å². The van der Waals surface area contributed by atoms with E-state index in [1.54, 1.807) is 0 Å². The molecule has 0 saturated carbocycles. The van der Waals surface area contributed by atoms with E-state index in [1.165, 1.54) is 0 Å². The number of hydrogen-bond donors (Lipinski definition) is 1. The van der Waals surface area contributed by atoms with Crippen molar-refractivity contribution < 1.29 is 0 Å². The molecular formula is C12H23N3Si2. The van der Waals surface area contributed by atoms with Gasteiger partial charge in [-0.2, -0.15) is 0 Å². The van der Waals surface area contributed by atoms with Crippen molar-refractivity contribution in [3.63, 3.8) is 0 Å². The fourth-order valence-electron chi connectivity index (χ4n) is 1.34. The molecule has 1 N–H and O–H groups in total. The van der Waals surface area contributed by atoms with Gasteiger partial charge in [0.05, 0.1) is 0 Å². The first-order valence-corrected chi connectivity index (χ1v) is 12.9. The Hall–Kier alpha value is -0.946. The summed E-state index contributed by atoms with van der Waals surface area (Å²) in [5.74, 6) is 0.976. The number of rotatable bonds is 3. The normalized spacial score (nSPS) is 13.6. The van der Waals surface area contributed by atoms with Gasteiger partial charge in [0.2, 0.25) is 0 Å². The van der Waals surface area contributed by atoms with Crippen molar-refractivity contribution in [2.24, 2.45) is 4.66 Å². The summed E-state index contributed by atoms with van der Waals surface area (Å²) in [6.07, 6.45) is 1.82. The van der Waals surface area contributed by atoms with Crippen LogP contribution in [0.15, 0.2) is 29.1 Å². The third-order valence-corrected chi connectivity index (χ3v) is 3.73. The first-order valence-electron chi connectivity index (χ1n) is 5.97.